The molecule has 0 heterocycles. The molecule has 0 aromatic heterocycles. The van der Waals surface area contributed by atoms with E-state index in [0.717, 1.165) is 36.8 Å². The van der Waals surface area contributed by atoms with Crippen LogP contribution in [0, 0.1) is 11.3 Å². The summed E-state index contributed by atoms with van der Waals surface area (Å²) in [4.78, 5) is 18.1. The zero-order chi connectivity index (χ0) is 22.9. The van der Waals surface area contributed by atoms with E-state index in [1.807, 2.05) is 20.8 Å². The number of carbonyl (C=O) groups is 1. The van der Waals surface area contributed by atoms with Gasteiger partial charge in [0.1, 0.15) is 6.10 Å². The summed E-state index contributed by atoms with van der Waals surface area (Å²) < 4.78 is 0. The highest BCUT2D eigenvalue weighted by atomic mass is 16.7. The van der Waals surface area contributed by atoms with E-state index in [0.29, 0.717) is 18.8 Å². The van der Waals surface area contributed by atoms with Gasteiger partial charge in [0.25, 0.3) is 0 Å². The molecular formula is C26H39NO4. The Morgan fingerprint density at radius 2 is 2.03 bits per heavy atom. The van der Waals surface area contributed by atoms with Crippen LogP contribution in [0.1, 0.15) is 73.1 Å². The van der Waals surface area contributed by atoms with Crippen LogP contribution < -0.4 is 0 Å². The van der Waals surface area contributed by atoms with Crippen molar-refractivity contribution < 1.29 is 19.8 Å². The van der Waals surface area contributed by atoms with Gasteiger partial charge in [-0.05, 0) is 80.9 Å². The monoisotopic (exact) mass is 429 g/mol. The highest BCUT2D eigenvalue weighted by Crippen LogP contribution is 2.56. The fourth-order valence-corrected chi connectivity index (χ4v) is 5.73. The van der Waals surface area contributed by atoms with E-state index in [2.05, 4.69) is 31.7 Å². The Balaban J connectivity index is 1.79. The molecule has 3 aliphatic carbocycles. The number of hydrogen-bond donors (Lipinski definition) is 2. The molecule has 0 aliphatic heterocycles. The molecule has 2 saturated carbocycles. The summed E-state index contributed by atoms with van der Waals surface area (Å²) >= 11 is 0. The third-order valence-corrected chi connectivity index (χ3v) is 7.36. The van der Waals surface area contributed by atoms with E-state index in [-0.39, 0.29) is 23.5 Å². The highest BCUT2D eigenvalue weighted by molar-refractivity contribution is 5.72. The van der Waals surface area contributed by atoms with E-state index in [9.17, 15) is 15.0 Å². The molecule has 3 rings (SSSR count). The van der Waals surface area contributed by atoms with Gasteiger partial charge in [0.15, 0.2) is 0 Å². The lowest BCUT2D eigenvalue weighted by atomic mass is 9.63. The molecule has 5 atom stereocenters. The molecule has 5 heteroatoms. The first-order valence-electron chi connectivity index (χ1n) is 11.7. The molecule has 3 aliphatic rings. The second kappa shape index (κ2) is 9.43. The predicted octanol–water partition coefficient (Wildman–Crippen LogP) is 4.62. The van der Waals surface area contributed by atoms with E-state index in [1.165, 1.54) is 16.2 Å². The molecule has 2 fully saturated rings. The molecule has 172 valence electrons. The lowest BCUT2D eigenvalue weighted by Crippen LogP contribution is -2.41. The topological polar surface area (TPSA) is 70.0 Å². The van der Waals surface area contributed by atoms with Gasteiger partial charge in [-0.25, -0.2) is 5.06 Å². The van der Waals surface area contributed by atoms with Crippen molar-refractivity contribution in [2.45, 2.75) is 97.5 Å². The van der Waals surface area contributed by atoms with Gasteiger partial charge in [-0.3, -0.25) is 9.63 Å². The second-order valence-electron chi connectivity index (χ2n) is 9.97. The number of aliphatic hydroxyl groups excluding tert-OH is 2. The fraction of sp³-hybridized carbons (Fsp3) is 0.654. The SMILES string of the molecule is C=C1C(=CC=C2CCC[C@]3(C)C([C@H](C)ON(C(C)=O)C(C)C)=CCC23)C[C@@H](O)C[C@@H]1O. The minimum absolute atomic E-state index is 0.00622. The first-order chi connectivity index (χ1) is 14.5. The zero-order valence-electron chi connectivity index (χ0n) is 19.7. The number of allylic oxidation sites excluding steroid dienone is 4. The first kappa shape index (κ1) is 24.0. The van der Waals surface area contributed by atoms with Crippen molar-refractivity contribution in [1.29, 1.82) is 0 Å². The quantitative estimate of drug-likeness (QED) is 0.494. The zero-order valence-corrected chi connectivity index (χ0v) is 19.7. The van der Waals surface area contributed by atoms with Crippen LogP contribution >= 0.6 is 0 Å². The second-order valence-corrected chi connectivity index (χ2v) is 9.97. The maximum absolute atomic E-state index is 12.0. The van der Waals surface area contributed by atoms with E-state index in [1.54, 1.807) is 6.92 Å². The number of nitrogens with zero attached hydrogens (tertiary/aromatic N) is 1. The van der Waals surface area contributed by atoms with E-state index < -0.39 is 12.2 Å². The molecule has 0 aromatic rings. The maximum Gasteiger partial charge on any atom is 0.243 e. The van der Waals surface area contributed by atoms with Crippen molar-refractivity contribution >= 4 is 5.91 Å². The minimum atomic E-state index is -0.659. The summed E-state index contributed by atoms with van der Waals surface area (Å²) in [6.07, 6.45) is 10.4. The van der Waals surface area contributed by atoms with E-state index in [4.69, 9.17) is 4.84 Å². The van der Waals surface area contributed by atoms with Crippen LogP contribution in [0.3, 0.4) is 0 Å². The van der Waals surface area contributed by atoms with Gasteiger partial charge in [-0.15, -0.1) is 0 Å². The standard InChI is InChI=1S/C26H39NO4/c1-16(2)27(19(5)28)31-18(4)23-11-12-24-20(8-7-13-26(23,24)6)9-10-21-14-22(29)15-25(30)17(21)3/h9-11,16,18,22,24-25,29-30H,3,7-8,12-15H2,1-2,4-6H3/t18-,22+,24?,25-,26+/m0/s1. The highest BCUT2D eigenvalue weighted by Gasteiger charge is 2.47. The Bertz CT molecular complexity index is 808. The molecule has 31 heavy (non-hydrogen) atoms. The van der Waals surface area contributed by atoms with Crippen LogP contribution in [0.5, 0.6) is 0 Å². The summed E-state index contributed by atoms with van der Waals surface area (Å²) in [6.45, 7) is 13.9. The lowest BCUT2D eigenvalue weighted by molar-refractivity contribution is -0.208. The molecule has 1 amide bonds. The molecule has 0 saturated heterocycles. The predicted molar refractivity (Wildman–Crippen MR) is 123 cm³/mol. The van der Waals surface area contributed by atoms with E-state index >= 15 is 0 Å². The van der Waals surface area contributed by atoms with Crippen LogP contribution in [0.2, 0.25) is 0 Å². The lowest BCUT2D eigenvalue weighted by Gasteiger charge is -2.43. The third kappa shape index (κ3) is 4.89. The molecule has 0 radical (unpaired) electrons. The van der Waals surface area contributed by atoms with Crippen molar-refractivity contribution in [1.82, 2.24) is 5.06 Å². The molecule has 5 nitrogen and oxygen atoms in total. The third-order valence-electron chi connectivity index (χ3n) is 7.36. The van der Waals surface area contributed by atoms with Crippen molar-refractivity contribution in [3.05, 3.63) is 47.1 Å². The van der Waals surface area contributed by atoms with Crippen molar-refractivity contribution in [2.75, 3.05) is 0 Å². The number of amides is 1. The summed E-state index contributed by atoms with van der Waals surface area (Å²) in [5, 5.41) is 21.6. The summed E-state index contributed by atoms with van der Waals surface area (Å²) in [5.41, 5.74) is 4.39. The Morgan fingerprint density at radius 3 is 2.68 bits per heavy atom. The number of fused-ring (bicyclic) bond motifs is 1. The van der Waals surface area contributed by atoms with Crippen LogP contribution in [0.15, 0.2) is 47.1 Å². The molecule has 0 spiro atoms. The minimum Gasteiger partial charge on any atom is -0.393 e. The van der Waals surface area contributed by atoms with Crippen LogP contribution in [-0.4, -0.2) is 45.5 Å². The van der Waals surface area contributed by atoms with Gasteiger partial charge in [0, 0.05) is 13.3 Å². The summed E-state index contributed by atoms with van der Waals surface area (Å²) in [7, 11) is 0. The number of aliphatic hydroxyl groups is 2. The van der Waals surface area contributed by atoms with Gasteiger partial charge in [0.05, 0.1) is 18.2 Å². The van der Waals surface area contributed by atoms with Gasteiger partial charge >= 0.3 is 0 Å². The number of rotatable bonds is 5. The maximum atomic E-state index is 12.0. The van der Waals surface area contributed by atoms with Gasteiger partial charge in [-0.1, -0.05) is 37.3 Å². The largest absolute Gasteiger partial charge is 0.393 e. The number of hydroxylamine groups is 2. The normalized spacial score (nSPS) is 34.8. The molecule has 1 unspecified atom stereocenters. The number of hydrogen-bond acceptors (Lipinski definition) is 4. The fourth-order valence-electron chi connectivity index (χ4n) is 5.73. The Labute approximate surface area is 187 Å². The van der Waals surface area contributed by atoms with Crippen LogP contribution in [-0.2, 0) is 9.63 Å². The van der Waals surface area contributed by atoms with Crippen LogP contribution in [0.4, 0.5) is 0 Å². The van der Waals surface area contributed by atoms with Gasteiger partial charge < -0.3 is 10.2 Å². The van der Waals surface area contributed by atoms with Crippen LogP contribution in [0.25, 0.3) is 0 Å². The van der Waals surface area contributed by atoms with Crippen molar-refractivity contribution in [3.8, 4) is 0 Å². The molecule has 2 N–H and O–H groups in total. The Morgan fingerprint density at radius 1 is 1.32 bits per heavy atom. The molecule has 0 bridgehead atoms. The Kier molecular flexibility index (Phi) is 7.29. The van der Waals surface area contributed by atoms with Crippen molar-refractivity contribution in [3.63, 3.8) is 0 Å². The Hall–Kier alpha value is -1.69. The van der Waals surface area contributed by atoms with Gasteiger partial charge in [0.2, 0.25) is 5.91 Å². The first-order valence-corrected chi connectivity index (χ1v) is 11.7. The number of carbonyl (C=O) groups excluding carboxylic acids is 1. The summed E-state index contributed by atoms with van der Waals surface area (Å²) in [6, 6.07) is -0.00622. The molecular weight excluding hydrogens is 390 g/mol. The average molecular weight is 430 g/mol. The average Bonchev–Trinajstić information content (AvgIpc) is 3.04. The summed E-state index contributed by atoms with van der Waals surface area (Å²) in [5.74, 6) is 0.339. The molecule has 0 aromatic carbocycles. The van der Waals surface area contributed by atoms with Gasteiger partial charge in [-0.2, -0.15) is 0 Å². The van der Waals surface area contributed by atoms with Crippen molar-refractivity contribution in [2.24, 2.45) is 11.3 Å². The smallest absolute Gasteiger partial charge is 0.243 e.